The van der Waals surface area contributed by atoms with Gasteiger partial charge < -0.3 is 4.74 Å². The van der Waals surface area contributed by atoms with E-state index in [9.17, 15) is 0 Å². The Kier molecular flexibility index (Phi) is 3.71. The van der Waals surface area contributed by atoms with Crippen molar-refractivity contribution in [3.05, 3.63) is 19.6 Å². The van der Waals surface area contributed by atoms with E-state index in [-0.39, 0.29) is 6.10 Å². The minimum absolute atomic E-state index is 0.139. The minimum Gasteiger partial charge on any atom is -0.377 e. The van der Waals surface area contributed by atoms with E-state index in [0.717, 1.165) is 6.42 Å². The van der Waals surface area contributed by atoms with Gasteiger partial charge in [-0.3, -0.25) is 0 Å². The molecule has 1 nitrogen and oxygen atoms in total. The SMILES string of the molecule is [CH2]CC(C=C)OC. The predicted molar refractivity (Wildman–Crippen MR) is 31.0 cm³/mol. The highest BCUT2D eigenvalue weighted by atomic mass is 16.5. The molecule has 0 heterocycles. The second-order valence-electron chi connectivity index (χ2n) is 1.30. The van der Waals surface area contributed by atoms with Gasteiger partial charge in [0.25, 0.3) is 0 Å². The van der Waals surface area contributed by atoms with Gasteiger partial charge in [0, 0.05) is 7.11 Å². The van der Waals surface area contributed by atoms with Crippen LogP contribution in [0, 0.1) is 6.92 Å². The van der Waals surface area contributed by atoms with E-state index in [1.807, 2.05) is 0 Å². The molecule has 1 heteroatoms. The van der Waals surface area contributed by atoms with E-state index in [0.29, 0.717) is 0 Å². The highest BCUT2D eigenvalue weighted by Gasteiger charge is 1.92. The molecule has 1 unspecified atom stereocenters. The van der Waals surface area contributed by atoms with Crippen molar-refractivity contribution in [1.29, 1.82) is 0 Å². The lowest BCUT2D eigenvalue weighted by atomic mass is 10.3. The second-order valence-corrected chi connectivity index (χ2v) is 1.30. The summed E-state index contributed by atoms with van der Waals surface area (Å²) in [6.45, 7) is 7.17. The maximum absolute atomic E-state index is 4.87. The summed E-state index contributed by atoms with van der Waals surface area (Å²) in [4.78, 5) is 0. The molecule has 0 fully saturated rings. The molecule has 0 aromatic carbocycles. The minimum atomic E-state index is 0.139. The van der Waals surface area contributed by atoms with E-state index in [1.165, 1.54) is 0 Å². The quantitative estimate of drug-likeness (QED) is 0.486. The summed E-state index contributed by atoms with van der Waals surface area (Å²) in [6.07, 6.45) is 2.65. The summed E-state index contributed by atoms with van der Waals surface area (Å²) in [5.41, 5.74) is 0. The summed E-state index contributed by atoms with van der Waals surface area (Å²) >= 11 is 0. The van der Waals surface area contributed by atoms with Crippen LogP contribution in [0.4, 0.5) is 0 Å². The molecule has 0 rings (SSSR count). The molecule has 0 amide bonds. The Morgan fingerprint density at radius 1 is 1.86 bits per heavy atom. The van der Waals surface area contributed by atoms with Gasteiger partial charge in [-0.25, -0.2) is 0 Å². The van der Waals surface area contributed by atoms with Crippen LogP contribution in [0.15, 0.2) is 12.7 Å². The zero-order valence-corrected chi connectivity index (χ0v) is 4.68. The third-order valence-corrected chi connectivity index (χ3v) is 0.850. The fourth-order valence-electron chi connectivity index (χ4n) is 0.332. The first-order chi connectivity index (χ1) is 3.35. The zero-order valence-electron chi connectivity index (χ0n) is 4.68. The van der Waals surface area contributed by atoms with Crippen LogP contribution < -0.4 is 0 Å². The Hall–Kier alpha value is -0.300. The summed E-state index contributed by atoms with van der Waals surface area (Å²) in [7, 11) is 1.65. The van der Waals surface area contributed by atoms with Gasteiger partial charge >= 0.3 is 0 Å². The molecule has 0 aromatic rings. The van der Waals surface area contributed by atoms with Crippen LogP contribution in [0.25, 0.3) is 0 Å². The summed E-state index contributed by atoms with van der Waals surface area (Å²) in [5, 5.41) is 0. The Bertz CT molecular complexity index is 46.1. The average molecular weight is 99.2 g/mol. The Labute approximate surface area is 45.0 Å². The molecule has 7 heavy (non-hydrogen) atoms. The van der Waals surface area contributed by atoms with Gasteiger partial charge in [-0.2, -0.15) is 0 Å². The van der Waals surface area contributed by atoms with Crippen LogP contribution in [0.3, 0.4) is 0 Å². The summed E-state index contributed by atoms with van der Waals surface area (Å²) in [5.74, 6) is 0. The smallest absolute Gasteiger partial charge is 0.0749 e. The number of hydrogen-bond donors (Lipinski definition) is 0. The van der Waals surface area contributed by atoms with Crippen LogP contribution in [0.5, 0.6) is 0 Å². The van der Waals surface area contributed by atoms with Crippen molar-refractivity contribution in [1.82, 2.24) is 0 Å². The molecule has 0 saturated carbocycles. The number of rotatable bonds is 3. The second kappa shape index (κ2) is 3.88. The molecule has 0 aromatic heterocycles. The lowest BCUT2D eigenvalue weighted by molar-refractivity contribution is 0.143. The van der Waals surface area contributed by atoms with Crippen LogP contribution in [0.1, 0.15) is 6.42 Å². The molecule has 0 aliphatic heterocycles. The standard InChI is InChI=1S/C6H11O/c1-4-6(5-2)7-3/h4,6H,1-2,5H2,3H3. The summed E-state index contributed by atoms with van der Waals surface area (Å²) < 4.78 is 4.87. The van der Waals surface area contributed by atoms with Crippen LogP contribution in [-0.4, -0.2) is 13.2 Å². The van der Waals surface area contributed by atoms with Crippen LogP contribution in [-0.2, 0) is 4.74 Å². The van der Waals surface area contributed by atoms with E-state index in [2.05, 4.69) is 13.5 Å². The van der Waals surface area contributed by atoms with E-state index in [4.69, 9.17) is 4.74 Å². The molecule has 0 spiro atoms. The van der Waals surface area contributed by atoms with Gasteiger partial charge in [-0.1, -0.05) is 13.0 Å². The highest BCUT2D eigenvalue weighted by molar-refractivity contribution is 4.79. The van der Waals surface area contributed by atoms with E-state index >= 15 is 0 Å². The Morgan fingerprint density at radius 2 is 2.43 bits per heavy atom. The number of hydrogen-bond acceptors (Lipinski definition) is 1. The molecular weight excluding hydrogens is 88.1 g/mol. The van der Waals surface area contributed by atoms with Crippen molar-refractivity contribution >= 4 is 0 Å². The van der Waals surface area contributed by atoms with Gasteiger partial charge in [0.15, 0.2) is 0 Å². The van der Waals surface area contributed by atoms with Crippen LogP contribution >= 0.6 is 0 Å². The van der Waals surface area contributed by atoms with Gasteiger partial charge in [0.2, 0.25) is 0 Å². The van der Waals surface area contributed by atoms with Crippen molar-refractivity contribution in [3.8, 4) is 0 Å². The normalized spacial score (nSPS) is 13.4. The molecular formula is C6H11O. The lowest BCUT2D eigenvalue weighted by Gasteiger charge is -2.03. The zero-order chi connectivity index (χ0) is 5.70. The maximum atomic E-state index is 4.87. The highest BCUT2D eigenvalue weighted by Crippen LogP contribution is 1.93. The maximum Gasteiger partial charge on any atom is 0.0749 e. The molecule has 1 atom stereocenters. The molecule has 0 N–H and O–H groups in total. The van der Waals surface area contributed by atoms with Gasteiger partial charge in [0.1, 0.15) is 0 Å². The molecule has 0 bridgehead atoms. The number of methoxy groups -OCH3 is 1. The summed E-state index contributed by atoms with van der Waals surface area (Å²) in [6, 6.07) is 0. The van der Waals surface area contributed by atoms with Crippen molar-refractivity contribution in [3.63, 3.8) is 0 Å². The first-order valence-electron chi connectivity index (χ1n) is 2.29. The fraction of sp³-hybridized carbons (Fsp3) is 0.500. The Balaban J connectivity index is 3.16. The van der Waals surface area contributed by atoms with Gasteiger partial charge in [-0.15, -0.1) is 6.58 Å². The third-order valence-electron chi connectivity index (χ3n) is 0.850. The first-order valence-corrected chi connectivity index (χ1v) is 2.29. The molecule has 0 saturated heterocycles. The van der Waals surface area contributed by atoms with Crippen molar-refractivity contribution in [2.45, 2.75) is 12.5 Å². The van der Waals surface area contributed by atoms with Crippen molar-refractivity contribution < 1.29 is 4.74 Å². The molecule has 41 valence electrons. The fourth-order valence-corrected chi connectivity index (χ4v) is 0.332. The Morgan fingerprint density at radius 3 is 2.43 bits per heavy atom. The number of ether oxygens (including phenoxy) is 1. The largest absolute Gasteiger partial charge is 0.377 e. The molecule has 0 aliphatic rings. The average Bonchev–Trinajstić information content (AvgIpc) is 1.72. The van der Waals surface area contributed by atoms with E-state index < -0.39 is 0 Å². The van der Waals surface area contributed by atoms with Crippen molar-refractivity contribution in [2.24, 2.45) is 0 Å². The van der Waals surface area contributed by atoms with Crippen LogP contribution in [0.2, 0.25) is 0 Å². The monoisotopic (exact) mass is 99.1 g/mol. The molecule has 1 radical (unpaired) electrons. The predicted octanol–water partition coefficient (Wildman–Crippen LogP) is 1.41. The first kappa shape index (κ1) is 6.70. The topological polar surface area (TPSA) is 9.23 Å². The van der Waals surface area contributed by atoms with Gasteiger partial charge in [0.05, 0.1) is 6.10 Å². The third kappa shape index (κ3) is 2.40. The van der Waals surface area contributed by atoms with E-state index in [1.54, 1.807) is 13.2 Å². The molecule has 0 aliphatic carbocycles. The lowest BCUT2D eigenvalue weighted by Crippen LogP contribution is -2.02. The van der Waals surface area contributed by atoms with Crippen molar-refractivity contribution in [2.75, 3.05) is 7.11 Å². The van der Waals surface area contributed by atoms with Gasteiger partial charge in [-0.05, 0) is 6.42 Å².